The SMILES string of the molecule is Cc1cc(=O)c2sccc2n1Cc1nnc2n1CCCCC2. The number of pyridine rings is 1. The van der Waals surface area contributed by atoms with Gasteiger partial charge in [-0.1, -0.05) is 6.42 Å². The van der Waals surface area contributed by atoms with Gasteiger partial charge < -0.3 is 9.13 Å². The number of fused-ring (bicyclic) bond motifs is 2. The highest BCUT2D eigenvalue weighted by Crippen LogP contribution is 2.21. The van der Waals surface area contributed by atoms with Crippen LogP contribution in [0.1, 0.15) is 36.6 Å². The lowest BCUT2D eigenvalue weighted by Gasteiger charge is -2.13. The van der Waals surface area contributed by atoms with Crippen LogP contribution in [-0.4, -0.2) is 19.3 Å². The van der Waals surface area contributed by atoms with Crippen molar-refractivity contribution in [1.29, 1.82) is 0 Å². The van der Waals surface area contributed by atoms with E-state index in [2.05, 4.69) is 19.3 Å². The largest absolute Gasteiger partial charge is 0.336 e. The van der Waals surface area contributed by atoms with Gasteiger partial charge in [-0.05, 0) is 31.2 Å². The second kappa shape index (κ2) is 5.35. The minimum absolute atomic E-state index is 0.110. The number of thiophene rings is 1. The highest BCUT2D eigenvalue weighted by atomic mass is 32.1. The summed E-state index contributed by atoms with van der Waals surface area (Å²) < 4.78 is 5.26. The third kappa shape index (κ3) is 2.18. The molecule has 0 saturated heterocycles. The minimum Gasteiger partial charge on any atom is -0.336 e. The number of aryl methyl sites for hydroxylation is 2. The molecule has 0 radical (unpaired) electrons. The first-order chi connectivity index (χ1) is 10.7. The average Bonchev–Trinajstić information content (AvgIpc) is 3.05. The quantitative estimate of drug-likeness (QED) is 0.731. The van der Waals surface area contributed by atoms with Crippen molar-refractivity contribution in [3.63, 3.8) is 0 Å². The fourth-order valence-corrected chi connectivity index (χ4v) is 4.04. The highest BCUT2D eigenvalue weighted by molar-refractivity contribution is 7.17. The molecule has 4 rings (SSSR count). The summed E-state index contributed by atoms with van der Waals surface area (Å²) in [6.45, 7) is 3.66. The van der Waals surface area contributed by atoms with Crippen LogP contribution >= 0.6 is 11.3 Å². The molecule has 0 aromatic carbocycles. The number of hydrogen-bond donors (Lipinski definition) is 0. The highest BCUT2D eigenvalue weighted by Gasteiger charge is 2.16. The first kappa shape index (κ1) is 13.7. The van der Waals surface area contributed by atoms with E-state index in [0.717, 1.165) is 40.5 Å². The van der Waals surface area contributed by atoms with E-state index in [1.807, 2.05) is 18.4 Å². The van der Waals surface area contributed by atoms with E-state index >= 15 is 0 Å². The predicted molar refractivity (Wildman–Crippen MR) is 87.5 cm³/mol. The molecule has 3 aromatic rings. The van der Waals surface area contributed by atoms with Crippen molar-refractivity contribution >= 4 is 21.6 Å². The number of nitrogens with zero attached hydrogens (tertiary/aromatic N) is 4. The molecule has 0 aliphatic carbocycles. The first-order valence-electron chi connectivity index (χ1n) is 7.72. The van der Waals surface area contributed by atoms with Crippen LogP contribution in [0.3, 0.4) is 0 Å². The van der Waals surface area contributed by atoms with Gasteiger partial charge in [0.15, 0.2) is 11.3 Å². The van der Waals surface area contributed by atoms with E-state index in [1.54, 1.807) is 6.07 Å². The molecule has 1 aliphatic rings. The molecule has 0 saturated carbocycles. The Morgan fingerprint density at radius 2 is 2.18 bits per heavy atom. The second-order valence-corrected chi connectivity index (χ2v) is 6.78. The van der Waals surface area contributed by atoms with Gasteiger partial charge in [-0.3, -0.25) is 4.79 Å². The predicted octanol–water partition coefficient (Wildman–Crippen LogP) is 2.74. The molecule has 5 nitrogen and oxygen atoms in total. The Morgan fingerprint density at radius 1 is 1.27 bits per heavy atom. The third-order valence-corrected chi connectivity index (χ3v) is 5.33. The standard InChI is InChI=1S/C16H18N4OS/c1-11-9-13(21)16-12(6-8-22-16)20(11)10-15-18-17-14-5-3-2-4-7-19(14)15/h6,8-9H,2-5,7,10H2,1H3. The fraction of sp³-hybridized carbons (Fsp3) is 0.438. The Bertz CT molecular complexity index is 889. The summed E-state index contributed by atoms with van der Waals surface area (Å²) in [6, 6.07) is 3.74. The van der Waals surface area contributed by atoms with Crippen molar-refractivity contribution in [1.82, 2.24) is 19.3 Å². The summed E-state index contributed by atoms with van der Waals surface area (Å²) in [5.74, 6) is 2.10. The van der Waals surface area contributed by atoms with Crippen molar-refractivity contribution in [2.24, 2.45) is 0 Å². The Hall–Kier alpha value is -1.95. The van der Waals surface area contributed by atoms with E-state index in [4.69, 9.17) is 0 Å². The molecule has 0 unspecified atom stereocenters. The van der Waals surface area contributed by atoms with Gasteiger partial charge in [-0.25, -0.2) is 0 Å². The summed E-state index contributed by atoms with van der Waals surface area (Å²) in [6.07, 6.45) is 4.66. The van der Waals surface area contributed by atoms with Crippen LogP contribution in [0.25, 0.3) is 10.2 Å². The zero-order valence-corrected chi connectivity index (χ0v) is 13.4. The number of hydrogen-bond acceptors (Lipinski definition) is 4. The van der Waals surface area contributed by atoms with Crippen LogP contribution < -0.4 is 5.43 Å². The fourth-order valence-electron chi connectivity index (χ4n) is 3.24. The molecule has 3 aromatic heterocycles. The molecule has 22 heavy (non-hydrogen) atoms. The Labute approximate surface area is 132 Å². The van der Waals surface area contributed by atoms with E-state index in [9.17, 15) is 4.79 Å². The van der Waals surface area contributed by atoms with Crippen molar-refractivity contribution in [2.45, 2.75) is 45.7 Å². The van der Waals surface area contributed by atoms with Crippen molar-refractivity contribution < 1.29 is 0 Å². The molecule has 0 atom stereocenters. The topological polar surface area (TPSA) is 52.7 Å². The molecule has 114 valence electrons. The summed E-state index contributed by atoms with van der Waals surface area (Å²) in [5.41, 5.74) is 2.08. The summed E-state index contributed by atoms with van der Waals surface area (Å²) in [7, 11) is 0. The van der Waals surface area contributed by atoms with Gasteiger partial charge in [0.25, 0.3) is 0 Å². The van der Waals surface area contributed by atoms with Gasteiger partial charge in [0.05, 0.1) is 16.8 Å². The smallest absolute Gasteiger partial charge is 0.199 e. The third-order valence-electron chi connectivity index (χ3n) is 4.41. The number of aromatic nitrogens is 4. The molecule has 0 N–H and O–H groups in total. The Morgan fingerprint density at radius 3 is 3.09 bits per heavy atom. The lowest BCUT2D eigenvalue weighted by molar-refractivity contribution is 0.589. The summed E-state index contributed by atoms with van der Waals surface area (Å²) in [5, 5.41) is 10.8. The van der Waals surface area contributed by atoms with Crippen molar-refractivity contribution in [3.8, 4) is 0 Å². The van der Waals surface area contributed by atoms with Crippen LogP contribution in [-0.2, 0) is 19.5 Å². The van der Waals surface area contributed by atoms with Gasteiger partial charge >= 0.3 is 0 Å². The van der Waals surface area contributed by atoms with E-state index in [0.29, 0.717) is 6.54 Å². The maximum absolute atomic E-state index is 12.1. The molecule has 0 spiro atoms. The van der Waals surface area contributed by atoms with E-state index in [1.165, 1.54) is 30.6 Å². The number of rotatable bonds is 2. The van der Waals surface area contributed by atoms with Gasteiger partial charge in [-0.2, -0.15) is 0 Å². The molecule has 0 bridgehead atoms. The van der Waals surface area contributed by atoms with E-state index < -0.39 is 0 Å². The van der Waals surface area contributed by atoms with Crippen LogP contribution in [0.5, 0.6) is 0 Å². The molecule has 0 amide bonds. The lowest BCUT2D eigenvalue weighted by Crippen LogP contribution is -2.15. The second-order valence-electron chi connectivity index (χ2n) is 5.87. The monoisotopic (exact) mass is 314 g/mol. The summed E-state index contributed by atoms with van der Waals surface area (Å²) in [4.78, 5) is 12.1. The van der Waals surface area contributed by atoms with Crippen molar-refractivity contribution in [2.75, 3.05) is 0 Å². The average molecular weight is 314 g/mol. The minimum atomic E-state index is 0.110. The van der Waals surface area contributed by atoms with Crippen LogP contribution in [0, 0.1) is 6.92 Å². The summed E-state index contributed by atoms with van der Waals surface area (Å²) >= 11 is 1.51. The zero-order chi connectivity index (χ0) is 15.1. The van der Waals surface area contributed by atoms with Gasteiger partial charge in [0.1, 0.15) is 5.82 Å². The lowest BCUT2D eigenvalue weighted by atomic mass is 10.2. The zero-order valence-electron chi connectivity index (χ0n) is 12.6. The molecular formula is C16H18N4OS. The van der Waals surface area contributed by atoms with Crippen LogP contribution in [0.4, 0.5) is 0 Å². The van der Waals surface area contributed by atoms with Crippen LogP contribution in [0.15, 0.2) is 22.3 Å². The maximum atomic E-state index is 12.1. The maximum Gasteiger partial charge on any atom is 0.199 e. The van der Waals surface area contributed by atoms with Gasteiger partial charge in [0, 0.05) is 24.7 Å². The van der Waals surface area contributed by atoms with Crippen LogP contribution in [0.2, 0.25) is 0 Å². The molecule has 4 heterocycles. The molecule has 1 aliphatic heterocycles. The first-order valence-corrected chi connectivity index (χ1v) is 8.60. The Kier molecular flexibility index (Phi) is 3.33. The molecular weight excluding hydrogens is 296 g/mol. The van der Waals surface area contributed by atoms with Gasteiger partial charge in [0.2, 0.25) is 0 Å². The van der Waals surface area contributed by atoms with E-state index in [-0.39, 0.29) is 5.43 Å². The van der Waals surface area contributed by atoms with Gasteiger partial charge in [-0.15, -0.1) is 21.5 Å². The normalized spacial score (nSPS) is 15.0. The Balaban J connectivity index is 1.80. The van der Waals surface area contributed by atoms with Crippen molar-refractivity contribution in [3.05, 3.63) is 45.1 Å². The molecule has 0 fully saturated rings. The molecule has 6 heteroatoms.